The lowest BCUT2D eigenvalue weighted by Gasteiger charge is -2.13. The summed E-state index contributed by atoms with van der Waals surface area (Å²) in [5.41, 5.74) is 8.20. The van der Waals surface area contributed by atoms with E-state index < -0.39 is 0 Å². The standard InChI is InChI=1S/C17H21NO/c1-12(2)14(11-18)10-16-15-7-5-4-6-13(15)8-9-17(16)19-3/h4-10,12H,11,18H2,1-3H3. The summed E-state index contributed by atoms with van der Waals surface area (Å²) in [5.74, 6) is 1.33. The van der Waals surface area contributed by atoms with Crippen molar-refractivity contribution in [2.45, 2.75) is 13.8 Å². The highest BCUT2D eigenvalue weighted by Gasteiger charge is 2.08. The molecule has 2 N–H and O–H groups in total. The topological polar surface area (TPSA) is 35.2 Å². The van der Waals surface area contributed by atoms with Gasteiger partial charge in [0, 0.05) is 12.1 Å². The van der Waals surface area contributed by atoms with Crippen LogP contribution >= 0.6 is 0 Å². The average molecular weight is 255 g/mol. The summed E-state index contributed by atoms with van der Waals surface area (Å²) < 4.78 is 5.49. The first-order valence-electron chi connectivity index (χ1n) is 6.63. The molecule has 0 bridgehead atoms. The first-order valence-corrected chi connectivity index (χ1v) is 6.63. The van der Waals surface area contributed by atoms with Gasteiger partial charge in [0.05, 0.1) is 7.11 Å². The molecule has 2 rings (SSSR count). The average Bonchev–Trinajstić information content (AvgIpc) is 2.44. The molecular weight excluding hydrogens is 234 g/mol. The van der Waals surface area contributed by atoms with E-state index in [0.717, 1.165) is 11.3 Å². The van der Waals surface area contributed by atoms with E-state index in [1.807, 2.05) is 6.07 Å². The first kappa shape index (κ1) is 13.6. The van der Waals surface area contributed by atoms with E-state index in [-0.39, 0.29) is 0 Å². The summed E-state index contributed by atoms with van der Waals surface area (Å²) in [4.78, 5) is 0. The van der Waals surface area contributed by atoms with E-state index >= 15 is 0 Å². The van der Waals surface area contributed by atoms with Crippen LogP contribution in [0.1, 0.15) is 19.4 Å². The second-order valence-corrected chi connectivity index (χ2v) is 4.98. The molecule has 100 valence electrons. The molecule has 0 saturated heterocycles. The zero-order valence-corrected chi connectivity index (χ0v) is 11.8. The Labute approximate surface area is 114 Å². The number of nitrogens with two attached hydrogens (primary N) is 1. The van der Waals surface area contributed by atoms with Crippen molar-refractivity contribution in [1.29, 1.82) is 0 Å². The third-order valence-electron chi connectivity index (χ3n) is 3.46. The molecule has 0 aliphatic carbocycles. The summed E-state index contributed by atoms with van der Waals surface area (Å²) in [6, 6.07) is 12.4. The summed E-state index contributed by atoms with van der Waals surface area (Å²) in [6.45, 7) is 4.90. The number of benzene rings is 2. The molecule has 0 unspecified atom stereocenters. The van der Waals surface area contributed by atoms with E-state index in [1.54, 1.807) is 7.11 Å². The minimum Gasteiger partial charge on any atom is -0.496 e. The van der Waals surface area contributed by atoms with Crippen LogP contribution in [0.25, 0.3) is 16.8 Å². The Bertz CT molecular complexity index is 599. The summed E-state index contributed by atoms with van der Waals surface area (Å²) in [5, 5.41) is 2.42. The van der Waals surface area contributed by atoms with Crippen LogP contribution in [-0.4, -0.2) is 13.7 Å². The van der Waals surface area contributed by atoms with Crippen LogP contribution in [0.4, 0.5) is 0 Å². The molecule has 0 spiro atoms. The molecule has 2 aromatic rings. The third kappa shape index (κ3) is 2.79. The van der Waals surface area contributed by atoms with Crippen LogP contribution in [-0.2, 0) is 0 Å². The Morgan fingerprint density at radius 1 is 1.21 bits per heavy atom. The molecule has 0 amide bonds. The predicted octanol–water partition coefficient (Wildman–Crippen LogP) is 3.85. The lowest BCUT2D eigenvalue weighted by molar-refractivity contribution is 0.414. The zero-order valence-electron chi connectivity index (χ0n) is 11.8. The number of ether oxygens (including phenoxy) is 1. The maximum absolute atomic E-state index is 5.85. The third-order valence-corrected chi connectivity index (χ3v) is 3.46. The van der Waals surface area contributed by atoms with Crippen molar-refractivity contribution in [2.24, 2.45) is 11.7 Å². The molecule has 2 nitrogen and oxygen atoms in total. The van der Waals surface area contributed by atoms with Crippen LogP contribution in [0.2, 0.25) is 0 Å². The number of methoxy groups -OCH3 is 1. The van der Waals surface area contributed by atoms with E-state index in [2.05, 4.69) is 50.3 Å². The molecule has 2 heteroatoms. The second-order valence-electron chi connectivity index (χ2n) is 4.98. The molecule has 2 aromatic carbocycles. The van der Waals surface area contributed by atoms with Crippen molar-refractivity contribution < 1.29 is 4.74 Å². The van der Waals surface area contributed by atoms with Gasteiger partial charge in [-0.05, 0) is 28.8 Å². The lowest BCUT2D eigenvalue weighted by atomic mass is 9.96. The molecule has 19 heavy (non-hydrogen) atoms. The fourth-order valence-corrected chi connectivity index (χ4v) is 2.25. The van der Waals surface area contributed by atoms with Crippen molar-refractivity contribution >= 4 is 16.8 Å². The molecule has 0 aliphatic rings. The minimum atomic E-state index is 0.439. The number of hydrogen-bond donors (Lipinski definition) is 1. The Morgan fingerprint density at radius 2 is 1.95 bits per heavy atom. The largest absolute Gasteiger partial charge is 0.496 e. The highest BCUT2D eigenvalue weighted by Crippen LogP contribution is 2.30. The van der Waals surface area contributed by atoms with Gasteiger partial charge in [-0.3, -0.25) is 0 Å². The number of hydrogen-bond acceptors (Lipinski definition) is 2. The highest BCUT2D eigenvalue weighted by atomic mass is 16.5. The highest BCUT2D eigenvalue weighted by molar-refractivity contribution is 5.93. The second kappa shape index (κ2) is 5.89. The summed E-state index contributed by atoms with van der Waals surface area (Å²) >= 11 is 0. The lowest BCUT2D eigenvalue weighted by Crippen LogP contribution is -2.08. The van der Waals surface area contributed by atoms with Gasteiger partial charge in [0.2, 0.25) is 0 Å². The predicted molar refractivity (Wildman–Crippen MR) is 82.4 cm³/mol. The van der Waals surface area contributed by atoms with Crippen molar-refractivity contribution in [3.05, 3.63) is 47.5 Å². The minimum absolute atomic E-state index is 0.439. The first-order chi connectivity index (χ1) is 9.17. The Hall–Kier alpha value is -1.80. The number of rotatable bonds is 4. The van der Waals surface area contributed by atoms with Gasteiger partial charge < -0.3 is 10.5 Å². The van der Waals surface area contributed by atoms with Gasteiger partial charge in [0.25, 0.3) is 0 Å². The fourth-order valence-electron chi connectivity index (χ4n) is 2.25. The monoisotopic (exact) mass is 255 g/mol. The Morgan fingerprint density at radius 3 is 2.58 bits per heavy atom. The normalized spacial score (nSPS) is 12.2. The van der Waals surface area contributed by atoms with Crippen molar-refractivity contribution in [2.75, 3.05) is 13.7 Å². The fraction of sp³-hybridized carbons (Fsp3) is 0.294. The molecule has 0 fully saturated rings. The van der Waals surface area contributed by atoms with Gasteiger partial charge in [0.15, 0.2) is 0 Å². The van der Waals surface area contributed by atoms with E-state index in [9.17, 15) is 0 Å². The molecule has 0 saturated carbocycles. The van der Waals surface area contributed by atoms with Crippen molar-refractivity contribution in [3.8, 4) is 5.75 Å². The summed E-state index contributed by atoms with van der Waals surface area (Å²) in [6.07, 6.45) is 2.17. The Balaban J connectivity index is 2.68. The van der Waals surface area contributed by atoms with Gasteiger partial charge in [0.1, 0.15) is 5.75 Å². The molecule has 0 aromatic heterocycles. The molecule has 0 atom stereocenters. The van der Waals surface area contributed by atoms with E-state index in [0.29, 0.717) is 12.5 Å². The van der Waals surface area contributed by atoms with Gasteiger partial charge in [-0.15, -0.1) is 0 Å². The van der Waals surface area contributed by atoms with Crippen LogP contribution in [0, 0.1) is 5.92 Å². The Kier molecular flexibility index (Phi) is 4.23. The molecule has 0 radical (unpaired) electrons. The maximum Gasteiger partial charge on any atom is 0.126 e. The maximum atomic E-state index is 5.85. The van der Waals surface area contributed by atoms with E-state index in [4.69, 9.17) is 10.5 Å². The van der Waals surface area contributed by atoms with Gasteiger partial charge in [-0.2, -0.15) is 0 Å². The van der Waals surface area contributed by atoms with Crippen molar-refractivity contribution in [1.82, 2.24) is 0 Å². The SMILES string of the molecule is COc1ccc2ccccc2c1C=C(CN)C(C)C. The number of fused-ring (bicyclic) bond motifs is 1. The van der Waals surface area contributed by atoms with Crippen molar-refractivity contribution in [3.63, 3.8) is 0 Å². The summed E-state index contributed by atoms with van der Waals surface area (Å²) in [7, 11) is 1.71. The smallest absolute Gasteiger partial charge is 0.126 e. The van der Waals surface area contributed by atoms with E-state index in [1.165, 1.54) is 16.3 Å². The van der Waals surface area contributed by atoms with Gasteiger partial charge >= 0.3 is 0 Å². The van der Waals surface area contributed by atoms with Crippen LogP contribution < -0.4 is 10.5 Å². The molecular formula is C17H21NO. The van der Waals surface area contributed by atoms with Crippen LogP contribution in [0.5, 0.6) is 5.75 Å². The zero-order chi connectivity index (χ0) is 13.8. The van der Waals surface area contributed by atoms with Crippen LogP contribution in [0.3, 0.4) is 0 Å². The quantitative estimate of drug-likeness (QED) is 0.900. The van der Waals surface area contributed by atoms with Gasteiger partial charge in [-0.1, -0.05) is 49.8 Å². The molecule has 0 heterocycles. The molecule has 0 aliphatic heterocycles. The van der Waals surface area contributed by atoms with Gasteiger partial charge in [-0.25, -0.2) is 0 Å². The van der Waals surface area contributed by atoms with Crippen LogP contribution in [0.15, 0.2) is 42.0 Å².